The molecule has 3 aromatic rings. The second-order valence-corrected chi connectivity index (χ2v) is 5.03. The van der Waals surface area contributed by atoms with Crippen LogP contribution in [0.5, 0.6) is 0 Å². The molecule has 0 aliphatic rings. The van der Waals surface area contributed by atoms with E-state index in [4.69, 9.17) is 4.42 Å². The van der Waals surface area contributed by atoms with Crippen LogP contribution in [0.25, 0.3) is 11.0 Å². The average molecular weight is 265 g/mol. The van der Waals surface area contributed by atoms with Crippen molar-refractivity contribution in [1.29, 1.82) is 0 Å². The zero-order valence-electron chi connectivity index (χ0n) is 11.9. The number of benzene rings is 2. The Kier molecular flexibility index (Phi) is 3.46. The van der Waals surface area contributed by atoms with Gasteiger partial charge in [0.2, 0.25) is 0 Å². The molecule has 1 N–H and O–H groups in total. The Bertz CT molecular complexity index is 700. The fourth-order valence-electron chi connectivity index (χ4n) is 2.68. The van der Waals surface area contributed by atoms with E-state index in [1.807, 2.05) is 30.3 Å². The van der Waals surface area contributed by atoms with Crippen LogP contribution in [-0.4, -0.2) is 0 Å². The predicted octanol–water partition coefficient (Wildman–Crippen LogP) is 5.17. The second-order valence-electron chi connectivity index (χ2n) is 5.03. The molecule has 2 heteroatoms. The number of aryl methyl sites for hydroxylation is 1. The fourth-order valence-corrected chi connectivity index (χ4v) is 2.68. The minimum atomic E-state index is 0.153. The lowest BCUT2D eigenvalue weighted by molar-refractivity contribution is 0.520. The largest absolute Gasteiger partial charge is 0.459 e. The van der Waals surface area contributed by atoms with Gasteiger partial charge in [0.15, 0.2) is 0 Å². The smallest absolute Gasteiger partial charge is 0.134 e. The Morgan fingerprint density at radius 3 is 2.45 bits per heavy atom. The molecule has 0 saturated heterocycles. The third kappa shape index (κ3) is 2.29. The van der Waals surface area contributed by atoms with Gasteiger partial charge in [-0.05, 0) is 31.5 Å². The lowest BCUT2D eigenvalue weighted by Gasteiger charge is -2.14. The van der Waals surface area contributed by atoms with Crippen LogP contribution in [0, 0.1) is 0 Å². The van der Waals surface area contributed by atoms with Gasteiger partial charge in [0.05, 0.1) is 6.04 Å². The third-order valence-electron chi connectivity index (χ3n) is 3.63. The van der Waals surface area contributed by atoms with E-state index in [0.29, 0.717) is 0 Å². The highest BCUT2D eigenvalue weighted by Gasteiger charge is 2.17. The minimum absolute atomic E-state index is 0.153. The number of fused-ring (bicyclic) bond motifs is 1. The van der Waals surface area contributed by atoms with Gasteiger partial charge in [-0.3, -0.25) is 0 Å². The molecule has 2 aromatic carbocycles. The molecule has 1 heterocycles. The number of nitrogens with one attached hydrogen (secondary N) is 1. The van der Waals surface area contributed by atoms with Crippen LogP contribution in [0.15, 0.2) is 59.0 Å². The molecule has 0 aliphatic heterocycles. The topological polar surface area (TPSA) is 25.2 Å². The van der Waals surface area contributed by atoms with Crippen LogP contribution in [0.1, 0.15) is 31.2 Å². The number of anilines is 1. The van der Waals surface area contributed by atoms with Crippen LogP contribution in [-0.2, 0) is 6.42 Å². The van der Waals surface area contributed by atoms with Crippen LogP contribution >= 0.6 is 0 Å². The number of hydrogen-bond acceptors (Lipinski definition) is 2. The van der Waals surface area contributed by atoms with Crippen molar-refractivity contribution in [1.82, 2.24) is 0 Å². The van der Waals surface area contributed by atoms with Crippen molar-refractivity contribution < 1.29 is 4.42 Å². The Labute approximate surface area is 119 Å². The van der Waals surface area contributed by atoms with E-state index in [1.165, 1.54) is 10.9 Å². The molecular formula is C18H19NO. The van der Waals surface area contributed by atoms with E-state index in [1.54, 1.807) is 0 Å². The first-order valence-corrected chi connectivity index (χ1v) is 7.11. The Balaban J connectivity index is 1.97. The summed E-state index contributed by atoms with van der Waals surface area (Å²) < 4.78 is 6.06. The fraction of sp³-hybridized carbons (Fsp3) is 0.222. The van der Waals surface area contributed by atoms with Gasteiger partial charge in [-0.1, -0.05) is 43.3 Å². The van der Waals surface area contributed by atoms with Gasteiger partial charge in [0.1, 0.15) is 11.3 Å². The van der Waals surface area contributed by atoms with Crippen LogP contribution in [0.2, 0.25) is 0 Å². The van der Waals surface area contributed by atoms with Gasteiger partial charge in [-0.2, -0.15) is 0 Å². The van der Waals surface area contributed by atoms with Crippen LogP contribution in [0.3, 0.4) is 0 Å². The molecule has 102 valence electrons. The van der Waals surface area contributed by atoms with Crippen molar-refractivity contribution in [3.8, 4) is 0 Å². The quantitative estimate of drug-likeness (QED) is 0.704. The summed E-state index contributed by atoms with van der Waals surface area (Å²) in [5, 5.41) is 4.73. The first kappa shape index (κ1) is 12.8. The highest BCUT2D eigenvalue weighted by atomic mass is 16.3. The van der Waals surface area contributed by atoms with Crippen LogP contribution < -0.4 is 5.32 Å². The zero-order valence-corrected chi connectivity index (χ0v) is 11.9. The Hall–Kier alpha value is -2.22. The molecule has 0 amide bonds. The molecule has 0 bridgehead atoms. The van der Waals surface area contributed by atoms with Gasteiger partial charge >= 0.3 is 0 Å². The second kappa shape index (κ2) is 5.41. The maximum Gasteiger partial charge on any atom is 0.134 e. The molecule has 20 heavy (non-hydrogen) atoms. The Morgan fingerprint density at radius 2 is 1.70 bits per heavy atom. The zero-order chi connectivity index (χ0) is 13.9. The standard InChI is InChI=1S/C18H19NO/c1-3-15-16-11-7-8-12-17(16)20-18(15)13(2)19-14-9-5-4-6-10-14/h4-13,19H,3H2,1-2H3. The molecule has 3 rings (SSSR count). The van der Waals surface area contributed by atoms with Gasteiger partial charge in [0.25, 0.3) is 0 Å². The normalized spacial score (nSPS) is 12.5. The molecule has 0 spiro atoms. The first-order valence-electron chi connectivity index (χ1n) is 7.11. The monoisotopic (exact) mass is 265 g/mol. The first-order chi connectivity index (χ1) is 9.79. The van der Waals surface area contributed by atoms with Crippen molar-refractivity contribution in [2.75, 3.05) is 5.32 Å². The summed E-state index contributed by atoms with van der Waals surface area (Å²) in [4.78, 5) is 0. The summed E-state index contributed by atoms with van der Waals surface area (Å²) in [6, 6.07) is 18.6. The van der Waals surface area contributed by atoms with E-state index in [0.717, 1.165) is 23.5 Å². The highest BCUT2D eigenvalue weighted by molar-refractivity contribution is 5.82. The summed E-state index contributed by atoms with van der Waals surface area (Å²) >= 11 is 0. The van der Waals surface area contributed by atoms with E-state index in [-0.39, 0.29) is 6.04 Å². The average Bonchev–Trinajstić information content (AvgIpc) is 2.87. The SMILES string of the molecule is CCc1c(C(C)Nc2ccccc2)oc2ccccc12. The number of furan rings is 1. The van der Waals surface area contributed by atoms with Gasteiger partial charge in [-0.15, -0.1) is 0 Å². The van der Waals surface area contributed by atoms with Gasteiger partial charge in [-0.25, -0.2) is 0 Å². The number of para-hydroxylation sites is 2. The third-order valence-corrected chi connectivity index (χ3v) is 3.63. The summed E-state index contributed by atoms with van der Waals surface area (Å²) in [6.45, 7) is 4.32. The molecule has 1 atom stereocenters. The number of hydrogen-bond donors (Lipinski definition) is 1. The maximum atomic E-state index is 6.06. The lowest BCUT2D eigenvalue weighted by atomic mass is 10.0. The van der Waals surface area contributed by atoms with E-state index < -0.39 is 0 Å². The summed E-state index contributed by atoms with van der Waals surface area (Å²) in [5.74, 6) is 1.04. The lowest BCUT2D eigenvalue weighted by Crippen LogP contribution is -2.07. The van der Waals surface area contributed by atoms with Crippen molar-refractivity contribution >= 4 is 16.7 Å². The molecule has 0 fully saturated rings. The maximum absolute atomic E-state index is 6.06. The van der Waals surface area contributed by atoms with Crippen molar-refractivity contribution in [2.45, 2.75) is 26.3 Å². The molecule has 2 nitrogen and oxygen atoms in total. The van der Waals surface area contributed by atoms with Crippen molar-refractivity contribution in [3.05, 3.63) is 65.9 Å². The van der Waals surface area contributed by atoms with Crippen LogP contribution in [0.4, 0.5) is 5.69 Å². The number of rotatable bonds is 4. The molecular weight excluding hydrogens is 246 g/mol. The molecule has 1 unspecified atom stereocenters. The molecule has 0 radical (unpaired) electrons. The van der Waals surface area contributed by atoms with Crippen molar-refractivity contribution in [3.63, 3.8) is 0 Å². The molecule has 1 aromatic heterocycles. The van der Waals surface area contributed by atoms with Gasteiger partial charge < -0.3 is 9.73 Å². The Morgan fingerprint density at radius 1 is 1.00 bits per heavy atom. The van der Waals surface area contributed by atoms with Gasteiger partial charge in [0, 0.05) is 16.6 Å². The van der Waals surface area contributed by atoms with Crippen molar-refractivity contribution in [2.24, 2.45) is 0 Å². The van der Waals surface area contributed by atoms with E-state index in [2.05, 4.69) is 43.4 Å². The molecule has 0 aliphatic carbocycles. The van der Waals surface area contributed by atoms with E-state index >= 15 is 0 Å². The minimum Gasteiger partial charge on any atom is -0.459 e. The highest BCUT2D eigenvalue weighted by Crippen LogP contribution is 2.31. The van der Waals surface area contributed by atoms with E-state index in [9.17, 15) is 0 Å². The predicted molar refractivity (Wildman–Crippen MR) is 84.1 cm³/mol. The molecule has 0 saturated carbocycles. The summed E-state index contributed by atoms with van der Waals surface area (Å²) in [6.07, 6.45) is 0.979. The summed E-state index contributed by atoms with van der Waals surface area (Å²) in [5.41, 5.74) is 3.39. The summed E-state index contributed by atoms with van der Waals surface area (Å²) in [7, 11) is 0.